The number of rotatable bonds is 3. The molecular weight excluding hydrogens is 379 g/mol. The molecule has 1 nitrogen and oxygen atoms in total. The molecule has 1 N–H and O–H groups in total. The monoisotopic (exact) mass is 388 g/mol. The molecule has 0 spiro atoms. The molecule has 1 atom stereocenters. The van der Waals surface area contributed by atoms with Crippen LogP contribution in [0.25, 0.3) is 0 Å². The van der Waals surface area contributed by atoms with E-state index in [-0.39, 0.29) is 12.1 Å². The zero-order chi connectivity index (χ0) is 20.0. The van der Waals surface area contributed by atoms with Crippen molar-refractivity contribution in [3.05, 3.63) is 71.0 Å². The summed E-state index contributed by atoms with van der Waals surface area (Å²) in [6.07, 6.45) is -11.1. The molecule has 0 bridgehead atoms. The van der Waals surface area contributed by atoms with Crippen LogP contribution in [0, 0.1) is 5.82 Å². The van der Waals surface area contributed by atoms with Gasteiger partial charge in [0.15, 0.2) is 5.60 Å². The predicted molar refractivity (Wildman–Crippen MR) is 71.8 cm³/mol. The molecular formula is C16H9F9O. The highest BCUT2D eigenvalue weighted by atomic mass is 19.4. The Hall–Kier alpha value is -2.23. The zero-order valence-electron chi connectivity index (χ0n) is 12.5. The highest BCUT2D eigenvalue weighted by Crippen LogP contribution is 2.51. The van der Waals surface area contributed by atoms with Crippen LogP contribution in [0.15, 0.2) is 48.5 Å². The van der Waals surface area contributed by atoms with Gasteiger partial charge in [-0.3, -0.25) is 0 Å². The number of benzene rings is 2. The smallest absolute Gasteiger partial charge is 0.374 e. The van der Waals surface area contributed by atoms with Crippen LogP contribution < -0.4 is 0 Å². The van der Waals surface area contributed by atoms with Gasteiger partial charge in [-0.15, -0.1) is 0 Å². The molecule has 0 heterocycles. The Morgan fingerprint density at radius 2 is 0.923 bits per heavy atom. The molecule has 2 rings (SSSR count). The molecule has 0 radical (unpaired) electrons. The van der Waals surface area contributed by atoms with Crippen LogP contribution in [0.2, 0.25) is 0 Å². The summed E-state index contributed by atoms with van der Waals surface area (Å²) in [6, 6.07) is 3.21. The van der Waals surface area contributed by atoms with Crippen molar-refractivity contribution in [2.75, 3.05) is 0 Å². The molecule has 0 saturated carbocycles. The van der Waals surface area contributed by atoms with Gasteiger partial charge in [-0.25, -0.2) is 4.39 Å². The van der Waals surface area contributed by atoms with Crippen molar-refractivity contribution in [1.29, 1.82) is 0 Å². The average molecular weight is 388 g/mol. The average Bonchev–Trinajstić information content (AvgIpc) is 2.53. The lowest BCUT2D eigenvalue weighted by molar-refractivity contribution is -0.336. The maximum Gasteiger partial charge on any atom is 0.457 e. The zero-order valence-corrected chi connectivity index (χ0v) is 12.5. The predicted octanol–water partition coefficient (Wildman–Crippen LogP) is 5.28. The van der Waals surface area contributed by atoms with Crippen molar-refractivity contribution in [2.24, 2.45) is 0 Å². The molecule has 26 heavy (non-hydrogen) atoms. The first-order valence-corrected chi connectivity index (χ1v) is 6.82. The molecule has 0 aliphatic heterocycles. The summed E-state index contributed by atoms with van der Waals surface area (Å²) in [4.78, 5) is 0. The van der Waals surface area contributed by atoms with Crippen LogP contribution in [0.4, 0.5) is 39.5 Å². The maximum atomic E-state index is 14.1. The minimum absolute atomic E-state index is 0.260. The van der Waals surface area contributed by atoms with Crippen LogP contribution in [0.5, 0.6) is 0 Å². The van der Waals surface area contributed by atoms with Crippen LogP contribution in [0.3, 0.4) is 0 Å². The highest BCUT2D eigenvalue weighted by molar-refractivity contribution is 5.41. The minimum Gasteiger partial charge on any atom is -0.374 e. The Morgan fingerprint density at radius 1 is 0.577 bits per heavy atom. The van der Waals surface area contributed by atoms with Crippen LogP contribution in [0.1, 0.15) is 16.7 Å². The highest BCUT2D eigenvalue weighted by Gasteiger charge is 2.71. The summed E-state index contributed by atoms with van der Waals surface area (Å²) < 4.78 is 118. The van der Waals surface area contributed by atoms with E-state index in [1.165, 1.54) is 0 Å². The lowest BCUT2D eigenvalue weighted by atomic mass is 9.80. The van der Waals surface area contributed by atoms with E-state index >= 15 is 0 Å². The fourth-order valence-corrected chi connectivity index (χ4v) is 2.33. The topological polar surface area (TPSA) is 20.2 Å². The van der Waals surface area contributed by atoms with Crippen molar-refractivity contribution >= 4 is 0 Å². The van der Waals surface area contributed by atoms with Gasteiger partial charge in [-0.1, -0.05) is 24.3 Å². The fraction of sp³-hybridized carbons (Fsp3) is 0.250. The summed E-state index contributed by atoms with van der Waals surface area (Å²) in [5.41, 5.74) is -7.55. The summed E-state index contributed by atoms with van der Waals surface area (Å²) >= 11 is 0. The van der Waals surface area contributed by atoms with Crippen molar-refractivity contribution in [2.45, 2.75) is 23.9 Å². The summed E-state index contributed by atoms with van der Waals surface area (Å²) in [5, 5.41) is 10.3. The second kappa shape index (κ2) is 6.19. The van der Waals surface area contributed by atoms with Crippen molar-refractivity contribution in [1.82, 2.24) is 0 Å². The third kappa shape index (κ3) is 3.25. The van der Waals surface area contributed by atoms with Crippen LogP contribution >= 0.6 is 0 Å². The van der Waals surface area contributed by atoms with Gasteiger partial charge in [0.25, 0.3) is 0 Å². The number of hydrogen-bond donors (Lipinski definition) is 1. The van der Waals surface area contributed by atoms with Gasteiger partial charge >= 0.3 is 18.3 Å². The Balaban J connectivity index is 2.71. The standard InChI is InChI=1S/C16H9F9O/c17-12-7-5-10(6-8-12)13(26,15(21,22)16(23,24)25)9-1-3-11(4-2-9)14(18,19)20/h1-8,26H. The van der Waals surface area contributed by atoms with Crippen molar-refractivity contribution < 1.29 is 44.6 Å². The molecule has 10 heteroatoms. The normalized spacial score (nSPS) is 15.6. The van der Waals surface area contributed by atoms with Gasteiger partial charge < -0.3 is 5.11 Å². The van der Waals surface area contributed by atoms with E-state index in [4.69, 9.17) is 0 Å². The molecule has 2 aromatic rings. The number of aliphatic hydroxyl groups is 1. The Labute approximate surface area is 140 Å². The number of halogens is 9. The van der Waals surface area contributed by atoms with E-state index in [1.807, 2.05) is 0 Å². The number of hydrogen-bond acceptors (Lipinski definition) is 1. The molecule has 0 aliphatic carbocycles. The van der Waals surface area contributed by atoms with Crippen molar-refractivity contribution in [3.63, 3.8) is 0 Å². The first-order valence-electron chi connectivity index (χ1n) is 6.82. The van der Waals surface area contributed by atoms with E-state index < -0.39 is 46.4 Å². The largest absolute Gasteiger partial charge is 0.457 e. The summed E-state index contributed by atoms with van der Waals surface area (Å²) in [5.74, 6) is -6.75. The lowest BCUT2D eigenvalue weighted by Gasteiger charge is -2.37. The Morgan fingerprint density at radius 3 is 1.27 bits per heavy atom. The van der Waals surface area contributed by atoms with Crippen LogP contribution in [-0.4, -0.2) is 17.2 Å². The first-order chi connectivity index (χ1) is 11.7. The Kier molecular flexibility index (Phi) is 4.78. The molecule has 0 fully saturated rings. The van der Waals surface area contributed by atoms with Gasteiger partial charge in [0.1, 0.15) is 5.82 Å². The molecule has 0 saturated heterocycles. The van der Waals surface area contributed by atoms with Gasteiger partial charge in [0, 0.05) is 0 Å². The van der Waals surface area contributed by atoms with Gasteiger partial charge in [0.05, 0.1) is 5.56 Å². The first kappa shape index (κ1) is 20.1. The Bertz CT molecular complexity index is 760. The molecule has 0 aromatic heterocycles. The van der Waals surface area contributed by atoms with Gasteiger partial charge in [-0.2, -0.15) is 35.1 Å². The van der Waals surface area contributed by atoms with E-state index in [0.29, 0.717) is 36.4 Å². The molecule has 2 aromatic carbocycles. The third-order valence-electron chi connectivity index (χ3n) is 3.70. The molecule has 1 unspecified atom stereocenters. The fourth-order valence-electron chi connectivity index (χ4n) is 2.33. The maximum absolute atomic E-state index is 14.1. The van der Waals surface area contributed by atoms with E-state index in [1.54, 1.807) is 0 Å². The summed E-state index contributed by atoms with van der Waals surface area (Å²) in [6.45, 7) is 0. The van der Waals surface area contributed by atoms with E-state index in [9.17, 15) is 44.6 Å². The minimum atomic E-state index is -6.24. The molecule has 0 aliphatic rings. The second-order valence-corrected chi connectivity index (χ2v) is 5.36. The van der Waals surface area contributed by atoms with Gasteiger partial charge in [0.2, 0.25) is 0 Å². The third-order valence-corrected chi connectivity index (χ3v) is 3.70. The second-order valence-electron chi connectivity index (χ2n) is 5.36. The number of alkyl halides is 8. The van der Waals surface area contributed by atoms with Crippen molar-refractivity contribution in [3.8, 4) is 0 Å². The molecule has 0 amide bonds. The van der Waals surface area contributed by atoms with E-state index in [0.717, 1.165) is 0 Å². The van der Waals surface area contributed by atoms with E-state index in [2.05, 4.69) is 0 Å². The SMILES string of the molecule is OC(c1ccc(F)cc1)(c1ccc(C(F)(F)F)cc1)C(F)(F)C(F)(F)F. The molecule has 142 valence electrons. The summed E-state index contributed by atoms with van der Waals surface area (Å²) in [7, 11) is 0. The lowest BCUT2D eigenvalue weighted by Crippen LogP contribution is -2.55. The quantitative estimate of drug-likeness (QED) is 0.710. The van der Waals surface area contributed by atoms with Crippen LogP contribution in [-0.2, 0) is 11.8 Å². The van der Waals surface area contributed by atoms with Gasteiger partial charge in [-0.05, 0) is 35.4 Å².